The number of rotatable bonds is 2. The van der Waals surface area contributed by atoms with E-state index in [1.165, 1.54) is 0 Å². The highest BCUT2D eigenvalue weighted by Gasteiger charge is 2.52. The first-order chi connectivity index (χ1) is 16.2. The van der Waals surface area contributed by atoms with E-state index < -0.39 is 23.5 Å². The van der Waals surface area contributed by atoms with Gasteiger partial charge in [-0.3, -0.25) is 9.59 Å². The SMILES string of the molecule is C/C(=C\c1csc(C)n1)[C@@H]1C[C@@H]2O[C@]2(C)CCC[C@H](C)[C@H](O)[C@H](C)C(=O)C(C)(C)[C@H](O)CC(=O)N1. The standard InChI is InChI=1S/C27H42N2O5S/c1-15-9-8-10-27(7)22(34-27)12-20(16(2)11-19-14-35-18(4)28-19)29-23(31)13-21(30)26(5,6)25(33)17(3)24(15)32/h11,14-15,17,20-22,24,30,32H,8-10,12-13H2,1-7H3,(H,29,31)/b16-11+/t15-,17-,20-,21+,22-,24-,27+/m0/s1. The third kappa shape index (κ3) is 6.59. The van der Waals surface area contributed by atoms with Gasteiger partial charge in [-0.05, 0) is 51.2 Å². The summed E-state index contributed by atoms with van der Waals surface area (Å²) in [5, 5.41) is 27.8. The molecule has 1 aromatic heterocycles. The van der Waals surface area contributed by atoms with E-state index in [-0.39, 0.29) is 41.8 Å². The van der Waals surface area contributed by atoms with Gasteiger partial charge in [0.1, 0.15) is 5.78 Å². The van der Waals surface area contributed by atoms with Gasteiger partial charge in [0.25, 0.3) is 0 Å². The lowest BCUT2D eigenvalue weighted by molar-refractivity contribution is -0.143. The number of ketones is 1. The number of hydrogen-bond acceptors (Lipinski definition) is 7. The average molecular weight is 507 g/mol. The summed E-state index contributed by atoms with van der Waals surface area (Å²) < 4.78 is 6.10. The molecule has 3 heterocycles. The number of ether oxygens (including phenoxy) is 1. The van der Waals surface area contributed by atoms with Crippen LogP contribution in [0.3, 0.4) is 0 Å². The normalized spacial score (nSPS) is 37.5. The largest absolute Gasteiger partial charge is 0.392 e. The summed E-state index contributed by atoms with van der Waals surface area (Å²) in [6.07, 6.45) is 2.99. The van der Waals surface area contributed by atoms with E-state index in [1.54, 1.807) is 32.1 Å². The molecule has 1 amide bonds. The molecule has 8 heteroatoms. The van der Waals surface area contributed by atoms with Crippen molar-refractivity contribution in [3.8, 4) is 0 Å². The average Bonchev–Trinajstić information content (AvgIpc) is 3.22. The molecule has 0 spiro atoms. The molecule has 0 saturated carbocycles. The fourth-order valence-corrected chi connectivity index (χ4v) is 5.76. The molecule has 0 aliphatic carbocycles. The fraction of sp³-hybridized carbons (Fsp3) is 0.741. The first-order valence-corrected chi connectivity index (χ1v) is 13.6. The molecule has 2 aliphatic rings. The lowest BCUT2D eigenvalue weighted by atomic mass is 9.72. The molecule has 3 N–H and O–H groups in total. The summed E-state index contributed by atoms with van der Waals surface area (Å²) in [5.41, 5.74) is 0.410. The van der Waals surface area contributed by atoms with Gasteiger partial charge in [-0.1, -0.05) is 34.1 Å². The minimum absolute atomic E-state index is 0.0170. The minimum Gasteiger partial charge on any atom is -0.392 e. The van der Waals surface area contributed by atoms with Crippen molar-refractivity contribution in [3.05, 3.63) is 21.7 Å². The number of fused-ring (bicyclic) bond motifs is 1. The summed E-state index contributed by atoms with van der Waals surface area (Å²) in [5.74, 6) is -1.24. The van der Waals surface area contributed by atoms with E-state index in [0.29, 0.717) is 6.42 Å². The van der Waals surface area contributed by atoms with Crippen molar-refractivity contribution in [2.45, 2.75) is 111 Å². The van der Waals surface area contributed by atoms with Gasteiger partial charge in [-0.2, -0.15) is 0 Å². The van der Waals surface area contributed by atoms with Gasteiger partial charge in [-0.25, -0.2) is 4.98 Å². The molecule has 2 fully saturated rings. The number of nitrogens with zero attached hydrogens (tertiary/aromatic N) is 1. The van der Waals surface area contributed by atoms with Crippen LogP contribution in [0.1, 0.15) is 84.3 Å². The van der Waals surface area contributed by atoms with Gasteiger partial charge in [0.2, 0.25) is 5.91 Å². The molecule has 2 aliphatic heterocycles. The van der Waals surface area contributed by atoms with Crippen molar-refractivity contribution < 1.29 is 24.5 Å². The van der Waals surface area contributed by atoms with Gasteiger partial charge >= 0.3 is 0 Å². The lowest BCUT2D eigenvalue weighted by Gasteiger charge is -2.34. The zero-order valence-corrected chi connectivity index (χ0v) is 22.9. The summed E-state index contributed by atoms with van der Waals surface area (Å²) in [4.78, 5) is 30.8. The van der Waals surface area contributed by atoms with Crippen molar-refractivity contribution >= 4 is 29.1 Å². The lowest BCUT2D eigenvalue weighted by Crippen LogP contribution is -2.47. The van der Waals surface area contributed by atoms with Gasteiger partial charge in [0.05, 0.1) is 52.5 Å². The maximum Gasteiger partial charge on any atom is 0.223 e. The minimum atomic E-state index is -1.17. The monoisotopic (exact) mass is 506 g/mol. The number of epoxide rings is 1. The molecule has 3 rings (SSSR count). The van der Waals surface area contributed by atoms with E-state index in [9.17, 15) is 19.8 Å². The summed E-state index contributed by atoms with van der Waals surface area (Å²) in [6.45, 7) is 13.0. The summed E-state index contributed by atoms with van der Waals surface area (Å²) >= 11 is 1.58. The van der Waals surface area contributed by atoms with Crippen LogP contribution < -0.4 is 5.32 Å². The number of nitrogens with one attached hydrogen (secondary N) is 1. The van der Waals surface area contributed by atoms with E-state index in [1.807, 2.05) is 32.2 Å². The number of carbonyl (C=O) groups excluding carboxylic acids is 2. The topological polar surface area (TPSA) is 112 Å². The highest BCUT2D eigenvalue weighted by atomic mass is 32.1. The number of aliphatic hydroxyl groups is 2. The van der Waals surface area contributed by atoms with E-state index in [2.05, 4.69) is 17.2 Å². The van der Waals surface area contributed by atoms with Gasteiger partial charge in [0, 0.05) is 17.7 Å². The first-order valence-electron chi connectivity index (χ1n) is 12.7. The Hall–Kier alpha value is -1.61. The number of thiazole rings is 1. The number of aliphatic hydroxyl groups excluding tert-OH is 2. The number of amides is 1. The van der Waals surface area contributed by atoms with Crippen LogP contribution in [0.2, 0.25) is 0 Å². The Morgan fingerprint density at radius 3 is 2.57 bits per heavy atom. The number of hydrogen-bond donors (Lipinski definition) is 3. The zero-order chi connectivity index (χ0) is 26.1. The van der Waals surface area contributed by atoms with Crippen LogP contribution in [-0.2, 0) is 14.3 Å². The second kappa shape index (κ2) is 10.8. The highest BCUT2D eigenvalue weighted by Crippen LogP contribution is 2.44. The van der Waals surface area contributed by atoms with Gasteiger partial charge in [-0.15, -0.1) is 11.3 Å². The van der Waals surface area contributed by atoms with Crippen LogP contribution in [0.25, 0.3) is 6.08 Å². The van der Waals surface area contributed by atoms with Crippen molar-refractivity contribution in [1.82, 2.24) is 10.3 Å². The Labute approximate surface area is 213 Å². The number of carbonyl (C=O) groups is 2. The molecule has 0 unspecified atom stereocenters. The van der Waals surface area contributed by atoms with E-state index in [0.717, 1.165) is 35.5 Å². The maximum absolute atomic E-state index is 13.2. The molecule has 7 nitrogen and oxygen atoms in total. The van der Waals surface area contributed by atoms with Crippen LogP contribution in [0.5, 0.6) is 0 Å². The fourth-order valence-electron chi connectivity index (χ4n) is 5.19. The van der Waals surface area contributed by atoms with Crippen LogP contribution >= 0.6 is 11.3 Å². The van der Waals surface area contributed by atoms with Gasteiger partial charge < -0.3 is 20.3 Å². The third-order valence-electron chi connectivity index (χ3n) is 8.07. The Bertz CT molecular complexity index is 957. The van der Waals surface area contributed by atoms with Crippen LogP contribution in [0.15, 0.2) is 11.0 Å². The van der Waals surface area contributed by atoms with E-state index >= 15 is 0 Å². The molecule has 0 aromatic carbocycles. The molecule has 7 atom stereocenters. The van der Waals surface area contributed by atoms with Crippen molar-refractivity contribution in [1.29, 1.82) is 0 Å². The van der Waals surface area contributed by atoms with Gasteiger partial charge in [0.15, 0.2) is 0 Å². The van der Waals surface area contributed by atoms with Crippen LogP contribution in [-0.4, -0.2) is 56.8 Å². The Kier molecular flexibility index (Phi) is 8.62. The molecular formula is C27H42N2O5S. The first kappa shape index (κ1) is 28.0. The molecule has 196 valence electrons. The number of aromatic nitrogens is 1. The second-order valence-corrected chi connectivity index (χ2v) is 12.5. The maximum atomic E-state index is 13.2. The predicted molar refractivity (Wildman–Crippen MR) is 138 cm³/mol. The third-order valence-corrected chi connectivity index (χ3v) is 8.86. The quantitative estimate of drug-likeness (QED) is 0.522. The second-order valence-electron chi connectivity index (χ2n) is 11.4. The van der Waals surface area contributed by atoms with E-state index in [4.69, 9.17) is 4.74 Å². The highest BCUT2D eigenvalue weighted by molar-refractivity contribution is 7.09. The smallest absolute Gasteiger partial charge is 0.223 e. The van der Waals surface area contributed by atoms with Crippen molar-refractivity contribution in [2.24, 2.45) is 17.3 Å². The summed E-state index contributed by atoms with van der Waals surface area (Å²) in [7, 11) is 0. The van der Waals surface area contributed by atoms with Crippen molar-refractivity contribution in [3.63, 3.8) is 0 Å². The van der Waals surface area contributed by atoms with Crippen molar-refractivity contribution in [2.75, 3.05) is 0 Å². The van der Waals surface area contributed by atoms with Crippen LogP contribution in [0.4, 0.5) is 0 Å². The molecule has 0 radical (unpaired) electrons. The van der Waals surface area contributed by atoms with Crippen LogP contribution in [0, 0.1) is 24.2 Å². The number of aryl methyl sites for hydroxylation is 1. The molecule has 2 saturated heterocycles. The Morgan fingerprint density at radius 1 is 1.26 bits per heavy atom. The molecule has 35 heavy (non-hydrogen) atoms. The Balaban J connectivity index is 1.85. The molecular weight excluding hydrogens is 464 g/mol. The summed E-state index contributed by atoms with van der Waals surface area (Å²) in [6, 6.07) is -0.269. The molecule has 0 bridgehead atoms. The predicted octanol–water partition coefficient (Wildman–Crippen LogP) is 4.05. The molecule has 1 aromatic rings. The Morgan fingerprint density at radius 2 is 1.94 bits per heavy atom. The zero-order valence-electron chi connectivity index (χ0n) is 22.1. The number of Topliss-reactive ketones (excluding diaryl/α,β-unsaturated/α-hetero) is 1.